The summed E-state index contributed by atoms with van der Waals surface area (Å²) in [7, 11) is 0. The number of anilines is 1. The molecular weight excluding hydrogens is 219 g/mol. The van der Waals surface area contributed by atoms with Crippen LogP contribution >= 0.6 is 0 Å². The standard InChI is InChI=1S/C13H19FN2O/c1-9(17)10-4-5-16(7-10)8-11-2-3-12(14)6-13(11)15/h2-3,6,9-10,17H,4-5,7-8,15H2,1H3. The van der Waals surface area contributed by atoms with Crippen molar-refractivity contribution in [3.63, 3.8) is 0 Å². The van der Waals surface area contributed by atoms with Crippen molar-refractivity contribution in [2.45, 2.75) is 26.0 Å². The van der Waals surface area contributed by atoms with Crippen LogP contribution in [0, 0.1) is 11.7 Å². The summed E-state index contributed by atoms with van der Waals surface area (Å²) in [5, 5.41) is 9.53. The second kappa shape index (κ2) is 5.02. The molecule has 1 aliphatic heterocycles. The van der Waals surface area contributed by atoms with Gasteiger partial charge in [0.1, 0.15) is 5.82 Å². The molecule has 1 aromatic carbocycles. The maximum absolute atomic E-state index is 12.9. The van der Waals surface area contributed by atoms with E-state index in [1.165, 1.54) is 12.1 Å². The Morgan fingerprint density at radius 2 is 2.35 bits per heavy atom. The van der Waals surface area contributed by atoms with E-state index >= 15 is 0 Å². The van der Waals surface area contributed by atoms with Gasteiger partial charge in [0.15, 0.2) is 0 Å². The average Bonchev–Trinajstić information content (AvgIpc) is 2.71. The smallest absolute Gasteiger partial charge is 0.125 e. The van der Waals surface area contributed by atoms with Gasteiger partial charge in [0.25, 0.3) is 0 Å². The van der Waals surface area contributed by atoms with Crippen LogP contribution in [0.15, 0.2) is 18.2 Å². The van der Waals surface area contributed by atoms with Gasteiger partial charge < -0.3 is 10.8 Å². The van der Waals surface area contributed by atoms with Gasteiger partial charge in [-0.05, 0) is 43.5 Å². The van der Waals surface area contributed by atoms with Crippen LogP contribution < -0.4 is 5.73 Å². The van der Waals surface area contributed by atoms with E-state index in [-0.39, 0.29) is 11.9 Å². The first kappa shape index (κ1) is 12.3. The Hall–Kier alpha value is -1.13. The predicted octanol–water partition coefficient (Wildman–Crippen LogP) is 1.61. The Bertz CT molecular complexity index is 395. The fraction of sp³-hybridized carbons (Fsp3) is 0.538. The molecule has 2 rings (SSSR count). The summed E-state index contributed by atoms with van der Waals surface area (Å²) >= 11 is 0. The summed E-state index contributed by atoms with van der Waals surface area (Å²) in [6.45, 7) is 4.41. The Morgan fingerprint density at radius 1 is 1.59 bits per heavy atom. The van der Waals surface area contributed by atoms with E-state index in [0.717, 1.165) is 31.6 Å². The van der Waals surface area contributed by atoms with E-state index in [4.69, 9.17) is 5.73 Å². The largest absolute Gasteiger partial charge is 0.398 e. The molecule has 0 aliphatic carbocycles. The number of hydrogen-bond acceptors (Lipinski definition) is 3. The summed E-state index contributed by atoms with van der Waals surface area (Å²) in [5.74, 6) is 0.0474. The number of rotatable bonds is 3. The van der Waals surface area contributed by atoms with Crippen molar-refractivity contribution < 1.29 is 9.50 Å². The van der Waals surface area contributed by atoms with Crippen molar-refractivity contribution in [1.29, 1.82) is 0 Å². The molecule has 1 heterocycles. The van der Waals surface area contributed by atoms with Gasteiger partial charge in [-0.25, -0.2) is 4.39 Å². The van der Waals surface area contributed by atoms with Crippen LogP contribution in [-0.2, 0) is 6.54 Å². The monoisotopic (exact) mass is 238 g/mol. The molecule has 1 saturated heterocycles. The molecule has 3 nitrogen and oxygen atoms in total. The molecule has 0 radical (unpaired) electrons. The molecule has 17 heavy (non-hydrogen) atoms. The lowest BCUT2D eigenvalue weighted by Crippen LogP contribution is -2.24. The van der Waals surface area contributed by atoms with Gasteiger partial charge in [-0.1, -0.05) is 6.07 Å². The number of halogens is 1. The Balaban J connectivity index is 1.98. The normalized spacial score (nSPS) is 22.9. The Morgan fingerprint density at radius 3 is 2.94 bits per heavy atom. The summed E-state index contributed by atoms with van der Waals surface area (Å²) in [6.07, 6.45) is 0.754. The van der Waals surface area contributed by atoms with Crippen LogP contribution in [0.3, 0.4) is 0 Å². The van der Waals surface area contributed by atoms with Crippen LogP contribution in [0.1, 0.15) is 18.9 Å². The molecule has 94 valence electrons. The molecule has 4 heteroatoms. The van der Waals surface area contributed by atoms with E-state index in [1.54, 1.807) is 6.07 Å². The molecule has 2 unspecified atom stereocenters. The van der Waals surface area contributed by atoms with Gasteiger partial charge in [-0.15, -0.1) is 0 Å². The Labute approximate surface area is 101 Å². The highest BCUT2D eigenvalue weighted by molar-refractivity contribution is 5.46. The lowest BCUT2D eigenvalue weighted by atomic mass is 10.0. The van der Waals surface area contributed by atoms with Crippen LogP contribution in [0.5, 0.6) is 0 Å². The SMILES string of the molecule is CC(O)C1CCN(Cc2ccc(F)cc2N)C1. The molecule has 1 fully saturated rings. The second-order valence-electron chi connectivity index (χ2n) is 4.87. The molecule has 0 bridgehead atoms. The van der Waals surface area contributed by atoms with Gasteiger partial charge in [-0.2, -0.15) is 0 Å². The van der Waals surface area contributed by atoms with Gasteiger partial charge in [0, 0.05) is 18.8 Å². The first-order valence-electron chi connectivity index (χ1n) is 6.00. The molecular formula is C13H19FN2O. The highest BCUT2D eigenvalue weighted by Crippen LogP contribution is 2.23. The van der Waals surface area contributed by atoms with E-state index in [0.29, 0.717) is 11.6 Å². The minimum Gasteiger partial charge on any atom is -0.398 e. The topological polar surface area (TPSA) is 49.5 Å². The number of aliphatic hydroxyl groups excluding tert-OH is 1. The number of nitrogen functional groups attached to an aromatic ring is 1. The lowest BCUT2D eigenvalue weighted by Gasteiger charge is -2.18. The van der Waals surface area contributed by atoms with Gasteiger partial charge in [0.2, 0.25) is 0 Å². The van der Waals surface area contributed by atoms with Gasteiger partial charge >= 0.3 is 0 Å². The van der Waals surface area contributed by atoms with Crippen LogP contribution in [0.2, 0.25) is 0 Å². The Kier molecular flexibility index (Phi) is 3.64. The quantitative estimate of drug-likeness (QED) is 0.787. The lowest BCUT2D eigenvalue weighted by molar-refractivity contribution is 0.127. The molecule has 0 amide bonds. The maximum Gasteiger partial charge on any atom is 0.125 e. The van der Waals surface area contributed by atoms with Gasteiger partial charge in [-0.3, -0.25) is 4.90 Å². The van der Waals surface area contributed by atoms with E-state index in [9.17, 15) is 9.50 Å². The van der Waals surface area contributed by atoms with Crippen molar-refractivity contribution in [1.82, 2.24) is 4.90 Å². The summed E-state index contributed by atoms with van der Waals surface area (Å²) in [5.41, 5.74) is 7.24. The fourth-order valence-corrected chi connectivity index (χ4v) is 2.35. The van der Waals surface area contributed by atoms with E-state index < -0.39 is 0 Å². The van der Waals surface area contributed by atoms with Crippen molar-refractivity contribution in [3.8, 4) is 0 Å². The summed E-state index contributed by atoms with van der Waals surface area (Å²) < 4.78 is 12.9. The third-order valence-electron chi connectivity index (χ3n) is 3.49. The average molecular weight is 238 g/mol. The number of likely N-dealkylation sites (tertiary alicyclic amines) is 1. The zero-order chi connectivity index (χ0) is 12.4. The van der Waals surface area contributed by atoms with Crippen molar-refractivity contribution in [2.24, 2.45) is 5.92 Å². The van der Waals surface area contributed by atoms with Crippen LogP contribution in [-0.4, -0.2) is 29.2 Å². The first-order chi connectivity index (χ1) is 8.06. The van der Waals surface area contributed by atoms with E-state index in [1.807, 2.05) is 6.92 Å². The third-order valence-corrected chi connectivity index (χ3v) is 3.49. The second-order valence-corrected chi connectivity index (χ2v) is 4.87. The van der Waals surface area contributed by atoms with Crippen molar-refractivity contribution >= 4 is 5.69 Å². The molecule has 0 spiro atoms. The van der Waals surface area contributed by atoms with Gasteiger partial charge in [0.05, 0.1) is 6.10 Å². The zero-order valence-electron chi connectivity index (χ0n) is 10.1. The molecule has 1 aromatic rings. The molecule has 1 aliphatic rings. The minimum atomic E-state index is -0.297. The van der Waals surface area contributed by atoms with Crippen LogP contribution in [0.4, 0.5) is 10.1 Å². The molecule has 3 N–H and O–H groups in total. The molecule has 0 saturated carbocycles. The maximum atomic E-state index is 12.9. The predicted molar refractivity (Wildman–Crippen MR) is 65.9 cm³/mol. The third kappa shape index (κ3) is 2.96. The number of nitrogens with zero attached hydrogens (tertiary/aromatic N) is 1. The number of benzene rings is 1. The molecule has 2 atom stereocenters. The minimum absolute atomic E-state index is 0.259. The van der Waals surface area contributed by atoms with Crippen LogP contribution in [0.25, 0.3) is 0 Å². The summed E-state index contributed by atoms with van der Waals surface area (Å²) in [6, 6.07) is 4.53. The molecule has 0 aromatic heterocycles. The highest BCUT2D eigenvalue weighted by atomic mass is 19.1. The first-order valence-corrected chi connectivity index (χ1v) is 6.00. The summed E-state index contributed by atoms with van der Waals surface area (Å²) in [4.78, 5) is 2.25. The number of hydrogen-bond donors (Lipinski definition) is 2. The van der Waals surface area contributed by atoms with E-state index in [2.05, 4.69) is 4.90 Å². The van der Waals surface area contributed by atoms with Crippen molar-refractivity contribution in [3.05, 3.63) is 29.6 Å². The number of aliphatic hydroxyl groups is 1. The highest BCUT2D eigenvalue weighted by Gasteiger charge is 2.26. The van der Waals surface area contributed by atoms with Crippen molar-refractivity contribution in [2.75, 3.05) is 18.8 Å². The zero-order valence-corrected chi connectivity index (χ0v) is 10.1. The number of nitrogens with two attached hydrogens (primary N) is 1. The fourth-order valence-electron chi connectivity index (χ4n) is 2.35.